The van der Waals surface area contributed by atoms with Gasteiger partial charge in [-0.2, -0.15) is 13.2 Å². The molecule has 0 N–H and O–H groups in total. The van der Waals surface area contributed by atoms with E-state index in [4.69, 9.17) is 4.74 Å². The van der Waals surface area contributed by atoms with Gasteiger partial charge in [0, 0.05) is 0 Å². The maximum atomic E-state index is 11.6. The van der Waals surface area contributed by atoms with Gasteiger partial charge in [-0.1, -0.05) is 18.2 Å². The van der Waals surface area contributed by atoms with Crippen molar-refractivity contribution in [3.8, 4) is 5.75 Å². The van der Waals surface area contributed by atoms with Crippen molar-refractivity contribution in [2.75, 3.05) is 6.79 Å². The van der Waals surface area contributed by atoms with Gasteiger partial charge in [0.25, 0.3) is 0 Å². The van der Waals surface area contributed by atoms with Crippen LogP contribution in [0.15, 0.2) is 30.3 Å². The summed E-state index contributed by atoms with van der Waals surface area (Å²) >= 11 is 0. The first kappa shape index (κ1) is 11.4. The molecule has 0 unspecified atom stereocenters. The van der Waals surface area contributed by atoms with E-state index in [0.29, 0.717) is 5.75 Å². The number of halogens is 3. The Labute approximate surface area is 83.4 Å². The van der Waals surface area contributed by atoms with Gasteiger partial charge in [0.1, 0.15) is 5.75 Å². The van der Waals surface area contributed by atoms with E-state index < -0.39 is 18.9 Å². The first-order valence-electron chi connectivity index (χ1n) is 3.92. The minimum absolute atomic E-state index is 0.326. The molecule has 0 saturated heterocycles. The van der Waals surface area contributed by atoms with E-state index in [9.17, 15) is 18.0 Å². The SMILES string of the molecule is O=C(OCOc1ccccc1)C(F)(F)F. The summed E-state index contributed by atoms with van der Waals surface area (Å²) in [4.78, 5) is 10.2. The zero-order valence-electron chi connectivity index (χ0n) is 7.45. The van der Waals surface area contributed by atoms with Crippen molar-refractivity contribution < 1.29 is 27.4 Å². The Bertz CT molecular complexity index is 321. The fraction of sp³-hybridized carbons (Fsp3) is 0.222. The number of rotatable bonds is 3. The summed E-state index contributed by atoms with van der Waals surface area (Å²) in [5.74, 6) is -1.94. The molecule has 0 heterocycles. The summed E-state index contributed by atoms with van der Waals surface area (Å²) in [6.07, 6.45) is -4.99. The first-order valence-corrected chi connectivity index (χ1v) is 3.92. The molecule has 0 aromatic heterocycles. The van der Waals surface area contributed by atoms with E-state index in [1.54, 1.807) is 18.2 Å². The molecule has 0 aliphatic heterocycles. The Morgan fingerprint density at radius 1 is 1.20 bits per heavy atom. The summed E-state index contributed by atoms with van der Waals surface area (Å²) < 4.78 is 43.5. The Kier molecular flexibility index (Phi) is 3.54. The van der Waals surface area contributed by atoms with Crippen LogP contribution in [0.4, 0.5) is 13.2 Å². The normalized spacial score (nSPS) is 10.9. The first-order chi connectivity index (χ1) is 7.00. The Morgan fingerprint density at radius 2 is 1.80 bits per heavy atom. The molecule has 1 aromatic carbocycles. The van der Waals surface area contributed by atoms with Crippen LogP contribution < -0.4 is 4.74 Å². The predicted molar refractivity (Wildman–Crippen MR) is 44.1 cm³/mol. The lowest BCUT2D eigenvalue weighted by Gasteiger charge is -2.08. The highest BCUT2D eigenvalue weighted by molar-refractivity contribution is 5.75. The fourth-order valence-corrected chi connectivity index (χ4v) is 0.750. The quantitative estimate of drug-likeness (QED) is 0.578. The minimum atomic E-state index is -4.99. The van der Waals surface area contributed by atoms with Crippen molar-refractivity contribution in [2.24, 2.45) is 0 Å². The molecule has 3 nitrogen and oxygen atoms in total. The molecule has 0 amide bonds. The maximum Gasteiger partial charge on any atom is 0.491 e. The molecule has 1 rings (SSSR count). The molecule has 82 valence electrons. The van der Waals surface area contributed by atoms with Crippen molar-refractivity contribution in [3.63, 3.8) is 0 Å². The van der Waals surface area contributed by atoms with E-state index in [2.05, 4.69) is 4.74 Å². The topological polar surface area (TPSA) is 35.5 Å². The molecule has 0 bridgehead atoms. The van der Waals surface area contributed by atoms with Gasteiger partial charge in [-0.15, -0.1) is 0 Å². The van der Waals surface area contributed by atoms with Crippen LogP contribution in [-0.4, -0.2) is 18.9 Å². The largest absolute Gasteiger partial charge is 0.491 e. The number of alkyl halides is 3. The Morgan fingerprint density at radius 3 is 2.33 bits per heavy atom. The van der Waals surface area contributed by atoms with Crippen LogP contribution in [0.1, 0.15) is 0 Å². The second kappa shape index (κ2) is 4.68. The third-order valence-corrected chi connectivity index (χ3v) is 1.39. The molecule has 0 spiro atoms. The molecule has 0 aliphatic carbocycles. The maximum absolute atomic E-state index is 11.6. The van der Waals surface area contributed by atoms with Crippen molar-refractivity contribution in [2.45, 2.75) is 6.18 Å². The molecule has 1 aromatic rings. The van der Waals surface area contributed by atoms with E-state index >= 15 is 0 Å². The second-order valence-electron chi connectivity index (χ2n) is 2.50. The third-order valence-electron chi connectivity index (χ3n) is 1.39. The van der Waals surface area contributed by atoms with Gasteiger partial charge in [0.05, 0.1) is 0 Å². The zero-order valence-corrected chi connectivity index (χ0v) is 7.45. The van der Waals surface area contributed by atoms with Crippen molar-refractivity contribution >= 4 is 5.97 Å². The number of para-hydroxylation sites is 1. The summed E-state index contributed by atoms with van der Waals surface area (Å²) in [6.45, 7) is -0.762. The van der Waals surface area contributed by atoms with Crippen LogP contribution in [0.2, 0.25) is 0 Å². The van der Waals surface area contributed by atoms with E-state index in [1.165, 1.54) is 12.1 Å². The molecule has 0 radical (unpaired) electrons. The minimum Gasteiger partial charge on any atom is -0.457 e. The fourth-order valence-electron chi connectivity index (χ4n) is 0.750. The van der Waals surface area contributed by atoms with Gasteiger partial charge in [-0.25, -0.2) is 4.79 Å². The van der Waals surface area contributed by atoms with E-state index in [-0.39, 0.29) is 0 Å². The van der Waals surface area contributed by atoms with Crippen LogP contribution in [-0.2, 0) is 9.53 Å². The zero-order chi connectivity index (χ0) is 11.3. The van der Waals surface area contributed by atoms with Gasteiger partial charge in [0.15, 0.2) is 0 Å². The molecule has 0 atom stereocenters. The van der Waals surface area contributed by atoms with Crippen molar-refractivity contribution in [1.29, 1.82) is 0 Å². The molecule has 6 heteroatoms. The number of carbonyl (C=O) groups excluding carboxylic acids is 1. The van der Waals surface area contributed by atoms with Crippen molar-refractivity contribution in [3.05, 3.63) is 30.3 Å². The van der Waals surface area contributed by atoms with Gasteiger partial charge < -0.3 is 9.47 Å². The van der Waals surface area contributed by atoms with Gasteiger partial charge >= 0.3 is 12.1 Å². The smallest absolute Gasteiger partial charge is 0.457 e. The average molecular weight is 220 g/mol. The lowest BCUT2D eigenvalue weighted by Crippen LogP contribution is -2.26. The molecule has 15 heavy (non-hydrogen) atoms. The highest BCUT2D eigenvalue weighted by atomic mass is 19.4. The molecular formula is C9H7F3O3. The predicted octanol–water partition coefficient (Wildman–Crippen LogP) is 2.13. The summed E-state index contributed by atoms with van der Waals surface area (Å²) in [6, 6.07) is 8.05. The number of carbonyl (C=O) groups is 1. The number of hydrogen-bond acceptors (Lipinski definition) is 3. The van der Waals surface area contributed by atoms with E-state index in [0.717, 1.165) is 0 Å². The van der Waals surface area contributed by atoms with Gasteiger partial charge in [-0.05, 0) is 12.1 Å². The number of benzene rings is 1. The lowest BCUT2D eigenvalue weighted by molar-refractivity contribution is -0.205. The lowest BCUT2D eigenvalue weighted by atomic mass is 10.3. The molecule has 0 aliphatic rings. The van der Waals surface area contributed by atoms with Crippen molar-refractivity contribution in [1.82, 2.24) is 0 Å². The highest BCUT2D eigenvalue weighted by Gasteiger charge is 2.41. The van der Waals surface area contributed by atoms with Crippen LogP contribution >= 0.6 is 0 Å². The standard InChI is InChI=1S/C9H7F3O3/c10-9(11,12)8(13)15-6-14-7-4-2-1-3-5-7/h1-5H,6H2. The van der Waals surface area contributed by atoms with Crippen LogP contribution in [0.3, 0.4) is 0 Å². The van der Waals surface area contributed by atoms with Gasteiger partial charge in [0.2, 0.25) is 6.79 Å². The Hall–Kier alpha value is -1.72. The van der Waals surface area contributed by atoms with E-state index in [1.807, 2.05) is 0 Å². The monoisotopic (exact) mass is 220 g/mol. The number of ether oxygens (including phenoxy) is 2. The van der Waals surface area contributed by atoms with Gasteiger partial charge in [-0.3, -0.25) is 0 Å². The highest BCUT2D eigenvalue weighted by Crippen LogP contribution is 2.16. The average Bonchev–Trinajstić information content (AvgIpc) is 2.18. The third kappa shape index (κ3) is 3.88. The Balaban J connectivity index is 2.32. The second-order valence-corrected chi connectivity index (χ2v) is 2.50. The van der Waals surface area contributed by atoms with Crippen LogP contribution in [0, 0.1) is 0 Å². The number of esters is 1. The van der Waals surface area contributed by atoms with Crippen LogP contribution in [0.25, 0.3) is 0 Å². The summed E-state index contributed by atoms with van der Waals surface area (Å²) in [7, 11) is 0. The van der Waals surface area contributed by atoms with Crippen LogP contribution in [0.5, 0.6) is 5.75 Å². The molecule has 0 fully saturated rings. The summed E-state index contributed by atoms with van der Waals surface area (Å²) in [5.41, 5.74) is 0. The number of hydrogen-bond donors (Lipinski definition) is 0. The molecular weight excluding hydrogens is 213 g/mol. The molecule has 0 saturated carbocycles. The summed E-state index contributed by atoms with van der Waals surface area (Å²) in [5, 5.41) is 0.